The fourth-order valence-electron chi connectivity index (χ4n) is 3.38. The predicted molar refractivity (Wildman–Crippen MR) is 103 cm³/mol. The normalized spacial score (nSPS) is 17.9. The van der Waals surface area contributed by atoms with Gasteiger partial charge >= 0.3 is 0 Å². The summed E-state index contributed by atoms with van der Waals surface area (Å²) in [7, 11) is -3.20. The third-order valence-electron chi connectivity index (χ3n) is 4.91. The number of nitrogens with two attached hydrogens (primary N) is 1. The van der Waals surface area contributed by atoms with Gasteiger partial charge in [-0.25, -0.2) is 8.42 Å². The molecule has 26 heavy (non-hydrogen) atoms. The van der Waals surface area contributed by atoms with Crippen LogP contribution in [-0.2, 0) is 9.84 Å². The first-order valence-electron chi connectivity index (χ1n) is 8.82. The van der Waals surface area contributed by atoms with E-state index in [9.17, 15) is 13.2 Å². The number of benzene rings is 2. The summed E-state index contributed by atoms with van der Waals surface area (Å²) in [6, 6.07) is 14.3. The minimum Gasteiger partial charge on any atom is -0.334 e. The second kappa shape index (κ2) is 7.60. The number of likely N-dealkylation sites (tertiary alicyclic amines) is 1. The Kier molecular flexibility index (Phi) is 5.44. The molecule has 0 spiro atoms. The minimum atomic E-state index is -3.20. The summed E-state index contributed by atoms with van der Waals surface area (Å²) in [5, 5.41) is 0. The van der Waals surface area contributed by atoms with Gasteiger partial charge in [-0.05, 0) is 54.7 Å². The van der Waals surface area contributed by atoms with Crippen LogP contribution in [0.25, 0.3) is 11.1 Å². The maximum atomic E-state index is 12.8. The van der Waals surface area contributed by atoms with E-state index in [-0.39, 0.29) is 11.9 Å². The van der Waals surface area contributed by atoms with Crippen molar-refractivity contribution in [2.45, 2.75) is 30.2 Å². The Labute approximate surface area is 154 Å². The van der Waals surface area contributed by atoms with Gasteiger partial charge in [-0.15, -0.1) is 0 Å². The SMILES string of the molecule is CS(=O)(=O)c1ccc(-c2ccc(C(=O)N3CCCC[C@H]3CN)cc2)cc1. The number of hydrogen-bond acceptors (Lipinski definition) is 4. The van der Waals surface area contributed by atoms with Gasteiger partial charge < -0.3 is 10.6 Å². The maximum Gasteiger partial charge on any atom is 0.254 e. The molecule has 2 N–H and O–H groups in total. The van der Waals surface area contributed by atoms with Gasteiger partial charge in [0.15, 0.2) is 9.84 Å². The van der Waals surface area contributed by atoms with Crippen LogP contribution in [0.5, 0.6) is 0 Å². The molecule has 0 bridgehead atoms. The summed E-state index contributed by atoms with van der Waals surface area (Å²) >= 11 is 0. The molecule has 3 rings (SSSR count). The van der Waals surface area contributed by atoms with Gasteiger partial charge in [-0.2, -0.15) is 0 Å². The first-order chi connectivity index (χ1) is 12.4. The average molecular weight is 372 g/mol. The number of piperidine rings is 1. The van der Waals surface area contributed by atoms with Crippen molar-refractivity contribution in [2.75, 3.05) is 19.3 Å². The molecule has 0 unspecified atom stereocenters. The van der Waals surface area contributed by atoms with Crippen LogP contribution in [0.2, 0.25) is 0 Å². The molecule has 1 saturated heterocycles. The van der Waals surface area contributed by atoms with Crippen LogP contribution in [0.3, 0.4) is 0 Å². The number of amides is 1. The molecule has 1 aliphatic heterocycles. The lowest BCUT2D eigenvalue weighted by atomic mass is 9.99. The van der Waals surface area contributed by atoms with Crippen molar-refractivity contribution in [3.8, 4) is 11.1 Å². The van der Waals surface area contributed by atoms with Crippen molar-refractivity contribution in [1.29, 1.82) is 0 Å². The molecule has 2 aromatic carbocycles. The number of rotatable bonds is 4. The zero-order valence-corrected chi connectivity index (χ0v) is 15.7. The van der Waals surface area contributed by atoms with Crippen LogP contribution >= 0.6 is 0 Å². The first-order valence-corrected chi connectivity index (χ1v) is 10.7. The number of carbonyl (C=O) groups excluding carboxylic acids is 1. The van der Waals surface area contributed by atoms with E-state index in [1.807, 2.05) is 29.2 Å². The molecule has 1 aliphatic rings. The van der Waals surface area contributed by atoms with E-state index in [1.54, 1.807) is 24.3 Å². The Balaban J connectivity index is 1.79. The zero-order chi connectivity index (χ0) is 18.7. The Hall–Kier alpha value is -2.18. The molecular weight excluding hydrogens is 348 g/mol. The van der Waals surface area contributed by atoms with Crippen LogP contribution in [0.4, 0.5) is 0 Å². The molecule has 138 valence electrons. The summed E-state index contributed by atoms with van der Waals surface area (Å²) in [6.07, 6.45) is 4.30. The Morgan fingerprint density at radius 1 is 1.04 bits per heavy atom. The predicted octanol–water partition coefficient (Wildman–Crippen LogP) is 2.71. The van der Waals surface area contributed by atoms with E-state index < -0.39 is 9.84 Å². The van der Waals surface area contributed by atoms with Gasteiger partial charge in [0.1, 0.15) is 0 Å². The average Bonchev–Trinajstić information content (AvgIpc) is 2.67. The fourth-order valence-corrected chi connectivity index (χ4v) is 4.01. The molecule has 1 fully saturated rings. The Bertz CT molecular complexity index is 874. The summed E-state index contributed by atoms with van der Waals surface area (Å²) in [4.78, 5) is 15.0. The molecule has 0 aliphatic carbocycles. The summed E-state index contributed by atoms with van der Waals surface area (Å²) in [5.41, 5.74) is 8.32. The van der Waals surface area contributed by atoms with E-state index in [4.69, 9.17) is 5.73 Å². The summed E-state index contributed by atoms with van der Waals surface area (Å²) in [6.45, 7) is 1.26. The van der Waals surface area contributed by atoms with Crippen LogP contribution in [0.15, 0.2) is 53.4 Å². The molecule has 0 radical (unpaired) electrons. The minimum absolute atomic E-state index is 0.0270. The topological polar surface area (TPSA) is 80.5 Å². The molecule has 1 heterocycles. The molecular formula is C20H24N2O3S. The van der Waals surface area contributed by atoms with Crippen molar-refractivity contribution in [1.82, 2.24) is 4.90 Å². The van der Waals surface area contributed by atoms with E-state index >= 15 is 0 Å². The number of nitrogens with zero attached hydrogens (tertiary/aromatic N) is 1. The van der Waals surface area contributed by atoms with Gasteiger partial charge in [0.25, 0.3) is 5.91 Å². The van der Waals surface area contributed by atoms with Gasteiger partial charge in [-0.3, -0.25) is 4.79 Å². The molecule has 1 amide bonds. The third kappa shape index (κ3) is 3.97. The molecule has 6 heteroatoms. The lowest BCUT2D eigenvalue weighted by Gasteiger charge is -2.35. The molecule has 5 nitrogen and oxygen atoms in total. The third-order valence-corrected chi connectivity index (χ3v) is 6.04. The number of carbonyl (C=O) groups is 1. The quantitative estimate of drug-likeness (QED) is 0.895. The van der Waals surface area contributed by atoms with Gasteiger partial charge in [-0.1, -0.05) is 24.3 Å². The monoisotopic (exact) mass is 372 g/mol. The van der Waals surface area contributed by atoms with E-state index in [1.165, 1.54) is 6.26 Å². The number of hydrogen-bond donors (Lipinski definition) is 1. The fraction of sp³-hybridized carbons (Fsp3) is 0.350. The Morgan fingerprint density at radius 2 is 1.62 bits per heavy atom. The van der Waals surface area contributed by atoms with Crippen molar-refractivity contribution in [3.63, 3.8) is 0 Å². The number of sulfone groups is 1. The van der Waals surface area contributed by atoms with Crippen molar-refractivity contribution in [2.24, 2.45) is 5.73 Å². The van der Waals surface area contributed by atoms with Crippen molar-refractivity contribution < 1.29 is 13.2 Å². The zero-order valence-electron chi connectivity index (χ0n) is 14.9. The highest BCUT2D eigenvalue weighted by Crippen LogP contribution is 2.24. The van der Waals surface area contributed by atoms with Crippen molar-refractivity contribution >= 4 is 15.7 Å². The first kappa shape index (κ1) is 18.6. The Morgan fingerprint density at radius 3 is 2.15 bits per heavy atom. The van der Waals surface area contributed by atoms with E-state index in [2.05, 4.69) is 0 Å². The smallest absolute Gasteiger partial charge is 0.254 e. The highest BCUT2D eigenvalue weighted by molar-refractivity contribution is 7.90. The molecule has 1 atom stereocenters. The highest BCUT2D eigenvalue weighted by atomic mass is 32.2. The van der Waals surface area contributed by atoms with Gasteiger partial charge in [0, 0.05) is 31.0 Å². The van der Waals surface area contributed by atoms with Gasteiger partial charge in [0.2, 0.25) is 0 Å². The summed E-state index contributed by atoms with van der Waals surface area (Å²) < 4.78 is 23.1. The van der Waals surface area contributed by atoms with Crippen LogP contribution < -0.4 is 5.73 Å². The van der Waals surface area contributed by atoms with Gasteiger partial charge in [0.05, 0.1) is 4.90 Å². The van der Waals surface area contributed by atoms with Crippen LogP contribution in [-0.4, -0.2) is 44.6 Å². The second-order valence-corrected chi connectivity index (χ2v) is 8.77. The lowest BCUT2D eigenvalue weighted by molar-refractivity contribution is 0.0623. The highest BCUT2D eigenvalue weighted by Gasteiger charge is 2.26. The standard InChI is InChI=1S/C20H24N2O3S/c1-26(24,25)19-11-9-16(10-12-19)15-5-7-17(8-6-15)20(23)22-13-3-2-4-18(22)14-21/h5-12,18H,2-4,13-14,21H2,1H3/t18-/m0/s1. The van der Waals surface area contributed by atoms with Crippen LogP contribution in [0.1, 0.15) is 29.6 Å². The maximum absolute atomic E-state index is 12.8. The summed E-state index contributed by atoms with van der Waals surface area (Å²) in [5.74, 6) is 0.0270. The van der Waals surface area contributed by atoms with Crippen molar-refractivity contribution in [3.05, 3.63) is 54.1 Å². The molecule has 0 aromatic heterocycles. The lowest BCUT2D eigenvalue weighted by Crippen LogP contribution is -2.47. The van der Waals surface area contributed by atoms with Crippen LogP contribution in [0, 0.1) is 0 Å². The largest absolute Gasteiger partial charge is 0.334 e. The van der Waals surface area contributed by atoms with E-state index in [0.717, 1.165) is 36.9 Å². The van der Waals surface area contributed by atoms with E-state index in [0.29, 0.717) is 17.0 Å². The second-order valence-electron chi connectivity index (χ2n) is 6.76. The molecule has 0 saturated carbocycles. The molecule has 2 aromatic rings.